The molecule has 0 aliphatic carbocycles. The van der Waals surface area contributed by atoms with E-state index in [0.717, 1.165) is 38.3 Å². The van der Waals surface area contributed by atoms with Crippen molar-refractivity contribution in [2.24, 2.45) is 0 Å². The van der Waals surface area contributed by atoms with E-state index in [-0.39, 0.29) is 0 Å². The molecule has 1 heterocycles. The minimum atomic E-state index is 0.926. The maximum Gasteiger partial charge on any atom is 0.119 e. The van der Waals surface area contributed by atoms with Crippen LogP contribution in [0.3, 0.4) is 0 Å². The highest BCUT2D eigenvalue weighted by Crippen LogP contribution is 2.13. The van der Waals surface area contributed by atoms with E-state index in [0.29, 0.717) is 0 Å². The van der Waals surface area contributed by atoms with Crippen LogP contribution in [0.4, 0.5) is 0 Å². The smallest absolute Gasteiger partial charge is 0.119 e. The summed E-state index contributed by atoms with van der Waals surface area (Å²) in [5, 5.41) is 5.64. The minimum absolute atomic E-state index is 0.926. The van der Waals surface area contributed by atoms with Crippen LogP contribution >= 0.6 is 11.3 Å². The van der Waals surface area contributed by atoms with Gasteiger partial charge in [-0.2, -0.15) is 0 Å². The lowest BCUT2D eigenvalue weighted by molar-refractivity contribution is 0.324. The van der Waals surface area contributed by atoms with Crippen LogP contribution in [-0.2, 0) is 13.0 Å². The summed E-state index contributed by atoms with van der Waals surface area (Å²) in [4.78, 5) is 3.78. The van der Waals surface area contributed by atoms with Gasteiger partial charge >= 0.3 is 0 Å². The molecule has 0 aliphatic rings. The van der Waals surface area contributed by atoms with Crippen LogP contribution < -0.4 is 10.1 Å². The van der Waals surface area contributed by atoms with Gasteiger partial charge in [-0.15, -0.1) is 11.3 Å². The van der Waals surface area contributed by atoms with E-state index in [1.54, 1.807) is 7.11 Å². The molecule has 1 N–H and O–H groups in total. The molecule has 0 unspecified atom stereocenters. The molecule has 0 amide bonds. The molecule has 2 rings (SSSR count). The fraction of sp³-hybridized carbons (Fsp3) is 0.412. The van der Waals surface area contributed by atoms with Crippen molar-refractivity contribution in [1.82, 2.24) is 10.2 Å². The number of hydrogen-bond donors (Lipinski definition) is 1. The third-order valence-corrected chi connectivity index (χ3v) is 4.32. The number of nitrogens with one attached hydrogen (secondary N) is 1. The first kappa shape index (κ1) is 16.0. The van der Waals surface area contributed by atoms with Gasteiger partial charge in [0.25, 0.3) is 0 Å². The van der Waals surface area contributed by atoms with Crippen LogP contribution in [0.1, 0.15) is 10.4 Å². The van der Waals surface area contributed by atoms with Gasteiger partial charge in [-0.25, -0.2) is 0 Å². The zero-order chi connectivity index (χ0) is 14.9. The molecule has 21 heavy (non-hydrogen) atoms. The first-order valence-electron chi connectivity index (χ1n) is 7.32. The highest BCUT2D eigenvalue weighted by Gasteiger charge is 2.01. The summed E-state index contributed by atoms with van der Waals surface area (Å²) in [6.07, 6.45) is 1.12. The number of rotatable bonds is 9. The fourth-order valence-corrected chi connectivity index (χ4v) is 2.93. The molecule has 0 bridgehead atoms. The Balaban J connectivity index is 1.61. The van der Waals surface area contributed by atoms with Crippen molar-refractivity contribution in [3.8, 4) is 5.75 Å². The monoisotopic (exact) mass is 304 g/mol. The van der Waals surface area contributed by atoms with Gasteiger partial charge in [0, 0.05) is 31.1 Å². The molecule has 2 aromatic rings. The second-order valence-corrected chi connectivity index (χ2v) is 6.20. The number of benzene rings is 1. The standard InChI is InChI=1S/C17H24N2OS/c1-19(14-15-5-3-6-16(13-15)20-2)11-10-18-9-8-17-7-4-12-21-17/h3-7,12-13,18H,8-11,14H2,1-2H3. The summed E-state index contributed by atoms with van der Waals surface area (Å²) >= 11 is 1.83. The quantitative estimate of drug-likeness (QED) is 0.721. The first-order valence-corrected chi connectivity index (χ1v) is 8.20. The predicted octanol–water partition coefficient (Wildman–Crippen LogP) is 3.02. The van der Waals surface area contributed by atoms with Gasteiger partial charge < -0.3 is 15.0 Å². The topological polar surface area (TPSA) is 24.5 Å². The average Bonchev–Trinajstić information content (AvgIpc) is 3.00. The van der Waals surface area contributed by atoms with Crippen molar-refractivity contribution in [3.63, 3.8) is 0 Å². The molecular formula is C17H24N2OS. The van der Waals surface area contributed by atoms with E-state index in [4.69, 9.17) is 4.74 Å². The summed E-state index contributed by atoms with van der Waals surface area (Å²) in [5.41, 5.74) is 1.29. The second-order valence-electron chi connectivity index (χ2n) is 5.17. The summed E-state index contributed by atoms with van der Waals surface area (Å²) < 4.78 is 5.25. The molecule has 4 heteroatoms. The molecule has 0 spiro atoms. The van der Waals surface area contributed by atoms with Crippen molar-refractivity contribution in [2.75, 3.05) is 33.8 Å². The average molecular weight is 304 g/mol. The molecule has 0 aliphatic heterocycles. The SMILES string of the molecule is COc1cccc(CN(C)CCNCCc2cccs2)c1. The lowest BCUT2D eigenvalue weighted by Gasteiger charge is -2.17. The molecule has 0 saturated carbocycles. The van der Waals surface area contributed by atoms with E-state index in [1.165, 1.54) is 10.4 Å². The van der Waals surface area contributed by atoms with E-state index < -0.39 is 0 Å². The first-order chi connectivity index (χ1) is 10.3. The third kappa shape index (κ3) is 5.87. The number of hydrogen-bond acceptors (Lipinski definition) is 4. The maximum atomic E-state index is 5.25. The maximum absolute atomic E-state index is 5.25. The molecule has 3 nitrogen and oxygen atoms in total. The van der Waals surface area contributed by atoms with Crippen LogP contribution in [0, 0.1) is 0 Å². The van der Waals surface area contributed by atoms with Gasteiger partial charge in [0.2, 0.25) is 0 Å². The van der Waals surface area contributed by atoms with Crippen LogP contribution in [0.2, 0.25) is 0 Å². The molecular weight excluding hydrogens is 280 g/mol. The van der Waals surface area contributed by atoms with Crippen LogP contribution in [0.15, 0.2) is 41.8 Å². The Morgan fingerprint density at radius 2 is 2.10 bits per heavy atom. The van der Waals surface area contributed by atoms with Gasteiger partial charge in [0.1, 0.15) is 5.75 Å². The number of nitrogens with zero attached hydrogens (tertiary/aromatic N) is 1. The van der Waals surface area contributed by atoms with Crippen LogP contribution in [-0.4, -0.2) is 38.7 Å². The third-order valence-electron chi connectivity index (χ3n) is 3.39. The molecule has 0 saturated heterocycles. The number of methoxy groups -OCH3 is 1. The zero-order valence-electron chi connectivity index (χ0n) is 12.8. The van der Waals surface area contributed by atoms with Gasteiger partial charge in [0.15, 0.2) is 0 Å². The summed E-state index contributed by atoms with van der Waals surface area (Å²) in [6, 6.07) is 12.6. The Morgan fingerprint density at radius 1 is 1.19 bits per heavy atom. The summed E-state index contributed by atoms with van der Waals surface area (Å²) in [6.45, 7) is 4.06. The fourth-order valence-electron chi connectivity index (χ4n) is 2.22. The van der Waals surface area contributed by atoms with E-state index in [9.17, 15) is 0 Å². The highest BCUT2D eigenvalue weighted by molar-refractivity contribution is 7.09. The largest absolute Gasteiger partial charge is 0.497 e. The number of likely N-dealkylation sites (N-methyl/N-ethyl adjacent to an activating group) is 1. The summed E-state index contributed by atoms with van der Waals surface area (Å²) in [7, 11) is 3.86. The normalized spacial score (nSPS) is 11.0. The Bertz CT molecular complexity index is 513. The van der Waals surface area contributed by atoms with E-state index in [2.05, 4.69) is 46.9 Å². The van der Waals surface area contributed by atoms with Gasteiger partial charge in [-0.1, -0.05) is 18.2 Å². The lowest BCUT2D eigenvalue weighted by atomic mass is 10.2. The van der Waals surface area contributed by atoms with E-state index >= 15 is 0 Å². The van der Waals surface area contributed by atoms with Crippen LogP contribution in [0.25, 0.3) is 0 Å². The molecule has 1 aromatic heterocycles. The van der Waals surface area contributed by atoms with Crippen molar-refractivity contribution < 1.29 is 4.74 Å². The summed E-state index contributed by atoms with van der Waals surface area (Å²) in [5.74, 6) is 0.926. The molecule has 0 fully saturated rings. The molecule has 0 atom stereocenters. The second kappa shape index (κ2) is 8.82. The van der Waals surface area contributed by atoms with Crippen molar-refractivity contribution in [3.05, 3.63) is 52.2 Å². The zero-order valence-corrected chi connectivity index (χ0v) is 13.7. The Kier molecular flexibility index (Phi) is 6.73. The predicted molar refractivity (Wildman–Crippen MR) is 90.2 cm³/mol. The molecule has 0 radical (unpaired) electrons. The van der Waals surface area contributed by atoms with E-state index in [1.807, 2.05) is 23.5 Å². The Morgan fingerprint density at radius 3 is 2.86 bits per heavy atom. The Labute approximate surface area is 131 Å². The Hall–Kier alpha value is -1.36. The van der Waals surface area contributed by atoms with Crippen molar-refractivity contribution in [2.45, 2.75) is 13.0 Å². The van der Waals surface area contributed by atoms with Crippen molar-refractivity contribution in [1.29, 1.82) is 0 Å². The molecule has 1 aromatic carbocycles. The van der Waals surface area contributed by atoms with Gasteiger partial charge in [-0.3, -0.25) is 0 Å². The lowest BCUT2D eigenvalue weighted by Crippen LogP contribution is -2.30. The van der Waals surface area contributed by atoms with Gasteiger partial charge in [0.05, 0.1) is 7.11 Å². The molecule has 114 valence electrons. The number of ether oxygens (including phenoxy) is 1. The van der Waals surface area contributed by atoms with Gasteiger partial charge in [-0.05, 0) is 42.6 Å². The van der Waals surface area contributed by atoms with Crippen LogP contribution in [0.5, 0.6) is 5.75 Å². The minimum Gasteiger partial charge on any atom is -0.497 e. The highest BCUT2D eigenvalue weighted by atomic mass is 32.1. The number of thiophene rings is 1. The van der Waals surface area contributed by atoms with Crippen molar-refractivity contribution >= 4 is 11.3 Å².